The Morgan fingerprint density at radius 1 is 1.00 bits per heavy atom. The summed E-state index contributed by atoms with van der Waals surface area (Å²) in [6.07, 6.45) is 1.63. The molecule has 5 heteroatoms. The molecule has 0 spiro atoms. The maximum absolute atomic E-state index is 12.2. The van der Waals surface area contributed by atoms with Crippen LogP contribution in [-0.2, 0) is 4.79 Å². The third kappa shape index (κ3) is 4.30. The van der Waals surface area contributed by atoms with Gasteiger partial charge in [0.25, 0.3) is 11.8 Å². The molecule has 2 aromatic carbocycles. The number of hydrogen-bond acceptors (Lipinski definition) is 2. The minimum absolute atomic E-state index is 0.193. The Morgan fingerprint density at radius 3 is 2.23 bits per heavy atom. The Balaban J connectivity index is 2.25. The van der Waals surface area contributed by atoms with Crippen molar-refractivity contribution in [1.29, 1.82) is 0 Å². The molecule has 0 saturated carbocycles. The number of benzene rings is 2. The summed E-state index contributed by atoms with van der Waals surface area (Å²) in [4.78, 5) is 24.1. The van der Waals surface area contributed by atoms with Crippen molar-refractivity contribution < 1.29 is 9.59 Å². The zero-order valence-electron chi connectivity index (χ0n) is 12.0. The van der Waals surface area contributed by atoms with E-state index in [1.165, 1.54) is 7.05 Å². The number of carbonyl (C=O) groups excluding carboxylic acids is 2. The van der Waals surface area contributed by atoms with E-state index in [1.807, 2.05) is 30.3 Å². The van der Waals surface area contributed by atoms with Crippen molar-refractivity contribution in [2.45, 2.75) is 0 Å². The molecule has 0 unspecified atom stereocenters. The van der Waals surface area contributed by atoms with Crippen molar-refractivity contribution >= 4 is 33.8 Å². The van der Waals surface area contributed by atoms with Gasteiger partial charge in [0.15, 0.2) is 0 Å². The normalized spacial score (nSPS) is 10.9. The summed E-state index contributed by atoms with van der Waals surface area (Å²) < 4.78 is 0.944. The van der Waals surface area contributed by atoms with Gasteiger partial charge in [-0.3, -0.25) is 9.59 Å². The van der Waals surface area contributed by atoms with Gasteiger partial charge >= 0.3 is 0 Å². The van der Waals surface area contributed by atoms with Crippen LogP contribution in [0.2, 0.25) is 0 Å². The zero-order chi connectivity index (χ0) is 15.9. The smallest absolute Gasteiger partial charge is 0.267 e. The number of hydrogen-bond donors (Lipinski definition) is 2. The fourth-order valence-electron chi connectivity index (χ4n) is 1.80. The SMILES string of the molecule is CNC(=O)/C(=C\c1ccc(Br)cc1)NC(=O)c1ccccc1. The molecule has 0 aliphatic carbocycles. The van der Waals surface area contributed by atoms with Crippen LogP contribution in [0.3, 0.4) is 0 Å². The second kappa shape index (κ2) is 7.56. The number of amides is 2. The van der Waals surface area contributed by atoms with E-state index in [9.17, 15) is 9.59 Å². The van der Waals surface area contributed by atoms with Crippen LogP contribution in [0.15, 0.2) is 64.8 Å². The molecule has 0 atom stereocenters. The summed E-state index contributed by atoms with van der Waals surface area (Å²) in [6.45, 7) is 0. The van der Waals surface area contributed by atoms with E-state index < -0.39 is 0 Å². The Morgan fingerprint density at radius 2 is 1.64 bits per heavy atom. The highest BCUT2D eigenvalue weighted by molar-refractivity contribution is 9.10. The standard InChI is InChI=1S/C17H15BrN2O2/c1-19-17(22)15(11-12-7-9-14(18)10-8-12)20-16(21)13-5-3-2-4-6-13/h2-11H,1H3,(H,19,22)(H,20,21)/b15-11+. The first-order chi connectivity index (χ1) is 10.6. The zero-order valence-corrected chi connectivity index (χ0v) is 13.6. The van der Waals surface area contributed by atoms with Gasteiger partial charge in [-0.2, -0.15) is 0 Å². The van der Waals surface area contributed by atoms with Gasteiger partial charge in [-0.05, 0) is 35.9 Å². The topological polar surface area (TPSA) is 58.2 Å². The van der Waals surface area contributed by atoms with Crippen LogP contribution in [0.1, 0.15) is 15.9 Å². The predicted octanol–water partition coefficient (Wildman–Crippen LogP) is 2.97. The van der Waals surface area contributed by atoms with E-state index in [2.05, 4.69) is 26.6 Å². The molecular formula is C17H15BrN2O2. The molecule has 0 bridgehead atoms. The number of nitrogens with one attached hydrogen (secondary N) is 2. The van der Waals surface area contributed by atoms with Gasteiger partial charge in [-0.15, -0.1) is 0 Å². The average Bonchev–Trinajstić information content (AvgIpc) is 2.56. The third-order valence-corrected chi connectivity index (χ3v) is 3.47. The Kier molecular flexibility index (Phi) is 5.49. The number of carbonyl (C=O) groups is 2. The summed E-state index contributed by atoms with van der Waals surface area (Å²) >= 11 is 3.36. The van der Waals surface area contributed by atoms with Gasteiger partial charge < -0.3 is 10.6 Å². The lowest BCUT2D eigenvalue weighted by Gasteiger charge is -2.09. The van der Waals surface area contributed by atoms with Crippen molar-refractivity contribution in [2.24, 2.45) is 0 Å². The summed E-state index contributed by atoms with van der Waals surface area (Å²) in [7, 11) is 1.52. The van der Waals surface area contributed by atoms with Gasteiger partial charge in [0, 0.05) is 17.1 Å². The highest BCUT2D eigenvalue weighted by atomic mass is 79.9. The van der Waals surface area contributed by atoms with Crippen molar-refractivity contribution in [3.8, 4) is 0 Å². The fourth-order valence-corrected chi connectivity index (χ4v) is 2.07. The number of halogens is 1. The molecule has 2 rings (SSSR count). The molecule has 0 aliphatic heterocycles. The second-order valence-corrected chi connectivity index (χ2v) is 5.42. The van der Waals surface area contributed by atoms with E-state index in [1.54, 1.807) is 30.3 Å². The molecule has 0 aromatic heterocycles. The van der Waals surface area contributed by atoms with Crippen LogP contribution < -0.4 is 10.6 Å². The molecule has 0 heterocycles. The largest absolute Gasteiger partial charge is 0.354 e. The minimum Gasteiger partial charge on any atom is -0.354 e. The van der Waals surface area contributed by atoms with Gasteiger partial charge in [-0.1, -0.05) is 46.3 Å². The van der Waals surface area contributed by atoms with Gasteiger partial charge in [0.05, 0.1) is 0 Å². The van der Waals surface area contributed by atoms with Crippen molar-refractivity contribution in [1.82, 2.24) is 10.6 Å². The van der Waals surface area contributed by atoms with Crippen LogP contribution in [-0.4, -0.2) is 18.9 Å². The van der Waals surface area contributed by atoms with E-state index >= 15 is 0 Å². The van der Waals surface area contributed by atoms with Crippen LogP contribution in [0.25, 0.3) is 6.08 Å². The number of rotatable bonds is 4. The van der Waals surface area contributed by atoms with E-state index in [0.717, 1.165) is 10.0 Å². The Bertz CT molecular complexity index is 694. The Labute approximate surface area is 137 Å². The van der Waals surface area contributed by atoms with Crippen LogP contribution >= 0.6 is 15.9 Å². The molecule has 0 aliphatic rings. The number of likely N-dealkylation sites (N-methyl/N-ethyl adjacent to an activating group) is 1. The highest BCUT2D eigenvalue weighted by Crippen LogP contribution is 2.13. The van der Waals surface area contributed by atoms with Crippen LogP contribution in [0.5, 0.6) is 0 Å². The predicted molar refractivity (Wildman–Crippen MR) is 90.1 cm³/mol. The molecule has 0 radical (unpaired) electrons. The maximum atomic E-state index is 12.2. The second-order valence-electron chi connectivity index (χ2n) is 4.51. The average molecular weight is 359 g/mol. The first-order valence-electron chi connectivity index (χ1n) is 6.66. The summed E-state index contributed by atoms with van der Waals surface area (Å²) in [5, 5.41) is 5.17. The van der Waals surface area contributed by atoms with Crippen molar-refractivity contribution in [3.05, 3.63) is 75.9 Å². The van der Waals surface area contributed by atoms with E-state index in [4.69, 9.17) is 0 Å². The first-order valence-corrected chi connectivity index (χ1v) is 7.45. The third-order valence-electron chi connectivity index (χ3n) is 2.94. The summed E-state index contributed by atoms with van der Waals surface area (Å²) in [5.41, 5.74) is 1.50. The van der Waals surface area contributed by atoms with Gasteiger partial charge in [0.2, 0.25) is 0 Å². The van der Waals surface area contributed by atoms with Crippen LogP contribution in [0, 0.1) is 0 Å². The molecule has 22 heavy (non-hydrogen) atoms. The lowest BCUT2D eigenvalue weighted by Crippen LogP contribution is -2.33. The monoisotopic (exact) mass is 358 g/mol. The quantitative estimate of drug-likeness (QED) is 0.825. The highest BCUT2D eigenvalue weighted by Gasteiger charge is 2.13. The first kappa shape index (κ1) is 16.0. The van der Waals surface area contributed by atoms with Gasteiger partial charge in [0.1, 0.15) is 5.70 Å². The molecule has 2 aromatic rings. The molecule has 4 nitrogen and oxygen atoms in total. The Hall–Kier alpha value is -2.40. The van der Waals surface area contributed by atoms with Gasteiger partial charge in [-0.25, -0.2) is 0 Å². The lowest BCUT2D eigenvalue weighted by molar-refractivity contribution is -0.117. The lowest BCUT2D eigenvalue weighted by atomic mass is 10.1. The molecule has 0 saturated heterocycles. The van der Waals surface area contributed by atoms with Crippen LogP contribution in [0.4, 0.5) is 0 Å². The van der Waals surface area contributed by atoms with E-state index in [0.29, 0.717) is 5.56 Å². The minimum atomic E-state index is -0.354. The molecule has 0 fully saturated rings. The molecule has 2 N–H and O–H groups in total. The van der Waals surface area contributed by atoms with Crippen molar-refractivity contribution in [2.75, 3.05) is 7.05 Å². The summed E-state index contributed by atoms with van der Waals surface area (Å²) in [6, 6.07) is 16.2. The maximum Gasteiger partial charge on any atom is 0.267 e. The summed E-state index contributed by atoms with van der Waals surface area (Å²) in [5.74, 6) is -0.681. The molecule has 112 valence electrons. The molecular weight excluding hydrogens is 344 g/mol. The van der Waals surface area contributed by atoms with Crippen molar-refractivity contribution in [3.63, 3.8) is 0 Å². The molecule has 2 amide bonds. The van der Waals surface area contributed by atoms with E-state index in [-0.39, 0.29) is 17.5 Å². The fraction of sp³-hybridized carbons (Fsp3) is 0.0588.